The second-order valence-electron chi connectivity index (χ2n) is 8.14. The number of fused-ring (bicyclic) bond motifs is 1. The number of aliphatic hydroxyl groups excluding tert-OH is 8. The average Bonchev–Trinajstić information content (AvgIpc) is 3.17. The molecular weight excluding hydrogens is 412 g/mol. The lowest BCUT2D eigenvalue weighted by atomic mass is 9.95. The molecular formula is C17H30O13. The van der Waals surface area contributed by atoms with Crippen molar-refractivity contribution in [2.45, 2.75) is 93.3 Å². The molecule has 0 aromatic carbocycles. The summed E-state index contributed by atoms with van der Waals surface area (Å²) in [5, 5.41) is 79.3. The summed E-state index contributed by atoms with van der Waals surface area (Å²) in [5.41, 5.74) is 0. The van der Waals surface area contributed by atoms with Gasteiger partial charge in [0.2, 0.25) is 0 Å². The van der Waals surface area contributed by atoms with Crippen LogP contribution in [0.2, 0.25) is 0 Å². The van der Waals surface area contributed by atoms with E-state index in [1.807, 2.05) is 0 Å². The maximum absolute atomic E-state index is 10.5. The molecule has 0 aromatic rings. The summed E-state index contributed by atoms with van der Waals surface area (Å²) in [6, 6.07) is 0. The third-order valence-electron chi connectivity index (χ3n) is 5.40. The second kappa shape index (κ2) is 9.15. The Morgan fingerprint density at radius 3 is 2.13 bits per heavy atom. The first-order valence-electron chi connectivity index (χ1n) is 9.62. The van der Waals surface area contributed by atoms with E-state index in [4.69, 9.17) is 28.8 Å². The van der Waals surface area contributed by atoms with Crippen LogP contribution in [0.25, 0.3) is 0 Å². The van der Waals surface area contributed by atoms with Crippen molar-refractivity contribution in [3.8, 4) is 0 Å². The van der Waals surface area contributed by atoms with Crippen LogP contribution in [0.5, 0.6) is 0 Å². The van der Waals surface area contributed by atoms with E-state index < -0.39 is 92.6 Å². The van der Waals surface area contributed by atoms with Crippen molar-refractivity contribution in [2.24, 2.45) is 0 Å². The third kappa shape index (κ3) is 4.63. The summed E-state index contributed by atoms with van der Waals surface area (Å²) in [6.07, 6.45) is -17.1. The first-order valence-corrected chi connectivity index (χ1v) is 9.62. The molecule has 3 aliphatic heterocycles. The van der Waals surface area contributed by atoms with Gasteiger partial charge in [0.05, 0.1) is 13.2 Å². The summed E-state index contributed by atoms with van der Waals surface area (Å²) < 4.78 is 26.8. The molecule has 0 bridgehead atoms. The number of rotatable bonds is 7. The van der Waals surface area contributed by atoms with E-state index in [-0.39, 0.29) is 0 Å². The number of hydrogen-bond donors (Lipinski definition) is 8. The van der Waals surface area contributed by atoms with Crippen LogP contribution in [-0.2, 0) is 23.7 Å². The molecule has 13 heteroatoms. The van der Waals surface area contributed by atoms with Crippen molar-refractivity contribution in [3.05, 3.63) is 0 Å². The van der Waals surface area contributed by atoms with Crippen molar-refractivity contribution in [3.63, 3.8) is 0 Å². The fraction of sp³-hybridized carbons (Fsp3) is 1.00. The molecule has 3 aliphatic rings. The highest BCUT2D eigenvalue weighted by Crippen LogP contribution is 2.39. The van der Waals surface area contributed by atoms with E-state index in [1.165, 1.54) is 0 Å². The quantitative estimate of drug-likeness (QED) is 0.186. The Kier molecular flexibility index (Phi) is 7.36. The van der Waals surface area contributed by atoms with Gasteiger partial charge in [0, 0.05) is 0 Å². The zero-order valence-electron chi connectivity index (χ0n) is 16.5. The Morgan fingerprint density at radius 1 is 0.867 bits per heavy atom. The average molecular weight is 442 g/mol. The molecule has 3 rings (SSSR count). The smallest absolute Gasteiger partial charge is 0.186 e. The molecule has 13 nitrogen and oxygen atoms in total. The Bertz CT molecular complexity index is 576. The largest absolute Gasteiger partial charge is 0.394 e. The Morgan fingerprint density at radius 2 is 1.50 bits per heavy atom. The van der Waals surface area contributed by atoms with Gasteiger partial charge in [0.25, 0.3) is 0 Å². The Labute approximate surface area is 171 Å². The number of aliphatic hydroxyl groups is 8. The summed E-state index contributed by atoms with van der Waals surface area (Å²) in [6.45, 7) is 1.87. The normalized spacial score (nSPS) is 46.4. The van der Waals surface area contributed by atoms with E-state index in [2.05, 4.69) is 0 Å². The molecule has 12 atom stereocenters. The molecule has 30 heavy (non-hydrogen) atoms. The molecule has 0 radical (unpaired) electrons. The lowest BCUT2D eigenvalue weighted by Gasteiger charge is -2.42. The summed E-state index contributed by atoms with van der Waals surface area (Å²) in [7, 11) is 0. The zero-order valence-corrected chi connectivity index (χ0v) is 16.5. The molecule has 0 unspecified atom stereocenters. The minimum absolute atomic E-state index is 0.606. The van der Waals surface area contributed by atoms with E-state index >= 15 is 0 Å². The molecule has 3 fully saturated rings. The maximum atomic E-state index is 10.5. The van der Waals surface area contributed by atoms with Crippen molar-refractivity contribution >= 4 is 0 Å². The molecule has 8 N–H and O–H groups in total. The molecule has 0 aliphatic carbocycles. The van der Waals surface area contributed by atoms with Gasteiger partial charge in [-0.25, -0.2) is 0 Å². The zero-order chi connectivity index (χ0) is 22.4. The van der Waals surface area contributed by atoms with Gasteiger partial charge in [0.1, 0.15) is 61.0 Å². The summed E-state index contributed by atoms with van der Waals surface area (Å²) in [4.78, 5) is 0. The third-order valence-corrected chi connectivity index (χ3v) is 5.40. The van der Waals surface area contributed by atoms with Gasteiger partial charge < -0.3 is 64.5 Å². The lowest BCUT2D eigenvalue weighted by Crippen LogP contribution is -2.62. The maximum Gasteiger partial charge on any atom is 0.186 e. The molecule has 3 saturated heterocycles. The van der Waals surface area contributed by atoms with Crippen molar-refractivity contribution in [1.29, 1.82) is 0 Å². The van der Waals surface area contributed by atoms with Crippen LogP contribution >= 0.6 is 0 Å². The predicted molar refractivity (Wildman–Crippen MR) is 92.4 cm³/mol. The van der Waals surface area contributed by atoms with Gasteiger partial charge in [-0.05, 0) is 13.8 Å². The van der Waals surface area contributed by atoms with Gasteiger partial charge in [-0.3, -0.25) is 0 Å². The number of hydrogen-bond acceptors (Lipinski definition) is 13. The fourth-order valence-electron chi connectivity index (χ4n) is 3.83. The Hall–Kier alpha value is -0.520. The van der Waals surface area contributed by atoms with E-state index in [0.717, 1.165) is 0 Å². The highest BCUT2D eigenvalue weighted by molar-refractivity contribution is 4.99. The summed E-state index contributed by atoms with van der Waals surface area (Å²) in [5.74, 6) is -1.01. The lowest BCUT2D eigenvalue weighted by molar-refractivity contribution is -0.317. The van der Waals surface area contributed by atoms with Gasteiger partial charge in [-0.1, -0.05) is 0 Å². The van der Waals surface area contributed by atoms with Crippen molar-refractivity contribution < 1.29 is 64.5 Å². The first kappa shape index (κ1) is 24.1. The monoisotopic (exact) mass is 442 g/mol. The second-order valence-corrected chi connectivity index (χ2v) is 8.14. The van der Waals surface area contributed by atoms with Gasteiger partial charge >= 0.3 is 0 Å². The SMILES string of the molecule is CC1(C)O[C@H]2[C@@H]([C@H](O)[C@H](O)CO[C@@H]3O[C@H]([C@@H](O)CO)[C@@H](O)[C@H](O)[C@@H]3O)O[C@@H](O)[C@@H]2O1. The highest BCUT2D eigenvalue weighted by Gasteiger charge is 2.57. The fourth-order valence-corrected chi connectivity index (χ4v) is 3.83. The van der Waals surface area contributed by atoms with E-state index in [1.54, 1.807) is 13.8 Å². The molecule has 0 spiro atoms. The summed E-state index contributed by atoms with van der Waals surface area (Å²) >= 11 is 0. The molecule has 0 aromatic heterocycles. The van der Waals surface area contributed by atoms with Crippen molar-refractivity contribution in [2.75, 3.05) is 13.2 Å². The molecule has 176 valence electrons. The minimum atomic E-state index is -1.75. The molecule has 0 saturated carbocycles. The van der Waals surface area contributed by atoms with E-state index in [9.17, 15) is 35.7 Å². The topological polar surface area (TPSA) is 208 Å². The van der Waals surface area contributed by atoms with Crippen molar-refractivity contribution in [1.82, 2.24) is 0 Å². The Balaban J connectivity index is 1.58. The highest BCUT2D eigenvalue weighted by atomic mass is 16.8. The molecule has 0 amide bonds. The van der Waals surface area contributed by atoms with Crippen LogP contribution < -0.4 is 0 Å². The van der Waals surface area contributed by atoms with Gasteiger partial charge in [-0.15, -0.1) is 0 Å². The van der Waals surface area contributed by atoms with Crippen LogP contribution in [0, 0.1) is 0 Å². The van der Waals surface area contributed by atoms with Gasteiger partial charge in [-0.2, -0.15) is 0 Å². The van der Waals surface area contributed by atoms with Crippen LogP contribution in [0.1, 0.15) is 13.8 Å². The van der Waals surface area contributed by atoms with E-state index in [0.29, 0.717) is 0 Å². The standard InChI is InChI=1S/C17H30O13/c1-17(2)29-13-12(27-15(25)14(13)30-17)7(21)6(20)4-26-16-10(24)8(22)9(23)11(28-16)5(19)3-18/h5-16,18-25H,3-4H2,1-2H3/t5-,6+,7+,8-,9-,10-,11+,12+,13-,14+,15+,16+/m0/s1. The first-order chi connectivity index (χ1) is 14.0. The van der Waals surface area contributed by atoms with Crippen LogP contribution in [0.3, 0.4) is 0 Å². The van der Waals surface area contributed by atoms with Gasteiger partial charge in [0.15, 0.2) is 18.4 Å². The predicted octanol–water partition coefficient (Wildman–Crippen LogP) is -4.88. The number of ether oxygens (including phenoxy) is 5. The van der Waals surface area contributed by atoms with Crippen LogP contribution in [-0.4, -0.2) is 133 Å². The van der Waals surface area contributed by atoms with Crippen LogP contribution in [0.4, 0.5) is 0 Å². The molecule has 3 heterocycles. The minimum Gasteiger partial charge on any atom is -0.394 e. The van der Waals surface area contributed by atoms with Crippen LogP contribution in [0.15, 0.2) is 0 Å².